The van der Waals surface area contributed by atoms with E-state index < -0.39 is 28.7 Å². The molecule has 0 radical (unpaired) electrons. The van der Waals surface area contributed by atoms with E-state index >= 15 is 0 Å². The fraction of sp³-hybridized carbons (Fsp3) is 0.464. The lowest BCUT2D eigenvalue weighted by Gasteiger charge is -2.33. The zero-order chi connectivity index (χ0) is 28.0. The number of nitrogens with zero attached hydrogens (tertiary/aromatic N) is 3. The lowest BCUT2D eigenvalue weighted by atomic mass is 9.74. The van der Waals surface area contributed by atoms with Crippen LogP contribution in [-0.2, 0) is 25.5 Å². The number of nitro benzene ring substituents is 1. The van der Waals surface area contributed by atoms with Crippen LogP contribution in [0, 0.1) is 29.9 Å². The predicted molar refractivity (Wildman–Crippen MR) is 144 cm³/mol. The lowest BCUT2D eigenvalue weighted by molar-refractivity contribution is -0.384. The number of aromatic amines is 1. The van der Waals surface area contributed by atoms with Gasteiger partial charge in [0.2, 0.25) is 0 Å². The van der Waals surface area contributed by atoms with E-state index in [9.17, 15) is 19.7 Å². The molecule has 1 aromatic carbocycles. The van der Waals surface area contributed by atoms with Gasteiger partial charge in [0.1, 0.15) is 5.92 Å². The van der Waals surface area contributed by atoms with Gasteiger partial charge in [-0.15, -0.1) is 0 Å². The molecule has 0 saturated carbocycles. The third kappa shape index (κ3) is 6.74. The first-order valence-electron chi connectivity index (χ1n) is 12.7. The number of hydrogen-bond donors (Lipinski definition) is 1. The normalized spacial score (nSPS) is 17.4. The third-order valence-corrected chi connectivity index (χ3v) is 6.58. The first-order valence-corrected chi connectivity index (χ1v) is 12.7. The Hall–Kier alpha value is -3.79. The maximum absolute atomic E-state index is 13.5. The fourth-order valence-electron chi connectivity index (χ4n) is 4.82. The van der Waals surface area contributed by atoms with Gasteiger partial charge in [-0.1, -0.05) is 12.1 Å². The van der Waals surface area contributed by atoms with Gasteiger partial charge in [0.25, 0.3) is 5.69 Å². The Morgan fingerprint density at radius 3 is 2.47 bits per heavy atom. The van der Waals surface area contributed by atoms with Crippen molar-refractivity contribution in [3.63, 3.8) is 0 Å². The molecule has 0 bridgehead atoms. The van der Waals surface area contributed by atoms with Gasteiger partial charge in [0, 0.05) is 53.8 Å². The van der Waals surface area contributed by atoms with E-state index in [0.717, 1.165) is 17.0 Å². The highest BCUT2D eigenvalue weighted by atomic mass is 16.6. The van der Waals surface area contributed by atoms with E-state index in [1.807, 2.05) is 38.9 Å². The van der Waals surface area contributed by atoms with Crippen molar-refractivity contribution in [2.45, 2.75) is 46.5 Å². The molecule has 0 spiro atoms. The number of nitro groups is 1. The SMILES string of the molecule is CCOC(=O)C1C(CCN(C)C)=NC(C)=C(C(=O)OCCc2cc(C)[nH]c2C)C1c1cccc([N+](=O)[O-])c1. The van der Waals surface area contributed by atoms with Crippen molar-refractivity contribution >= 4 is 23.3 Å². The number of allylic oxidation sites excluding steroid dienone is 1. The molecule has 204 valence electrons. The molecule has 2 aromatic rings. The average Bonchev–Trinajstić information content (AvgIpc) is 3.18. The number of benzene rings is 1. The molecule has 0 fully saturated rings. The van der Waals surface area contributed by atoms with Crippen molar-refractivity contribution in [2.24, 2.45) is 10.9 Å². The highest BCUT2D eigenvalue weighted by Crippen LogP contribution is 2.41. The summed E-state index contributed by atoms with van der Waals surface area (Å²) in [5.41, 5.74) is 4.61. The Balaban J connectivity index is 2.04. The van der Waals surface area contributed by atoms with Gasteiger partial charge in [0.05, 0.1) is 23.7 Å². The van der Waals surface area contributed by atoms with Crippen LogP contribution >= 0.6 is 0 Å². The standard InChI is InChI=1S/C28H36N4O6/c1-7-37-28(34)26-23(11-13-31(5)6)30-19(4)24(25(26)21-9-8-10-22(16-21)32(35)36)27(33)38-14-12-20-15-17(2)29-18(20)3/h8-10,15-16,25-26,29H,7,11-14H2,1-6H3. The second kappa shape index (κ2) is 12.6. The number of hydrogen-bond acceptors (Lipinski definition) is 8. The van der Waals surface area contributed by atoms with E-state index in [4.69, 9.17) is 9.47 Å². The fourth-order valence-corrected chi connectivity index (χ4v) is 4.82. The van der Waals surface area contributed by atoms with E-state index in [0.29, 0.717) is 36.4 Å². The monoisotopic (exact) mass is 524 g/mol. The van der Waals surface area contributed by atoms with Crippen LogP contribution < -0.4 is 0 Å². The van der Waals surface area contributed by atoms with Crippen LogP contribution in [0.4, 0.5) is 5.69 Å². The molecule has 1 N–H and O–H groups in total. The van der Waals surface area contributed by atoms with Gasteiger partial charge >= 0.3 is 11.9 Å². The Bertz CT molecular complexity index is 1260. The molecule has 1 aliphatic rings. The Labute approximate surface area is 222 Å². The number of rotatable bonds is 11. The van der Waals surface area contributed by atoms with Crippen molar-refractivity contribution in [3.05, 3.63) is 74.2 Å². The largest absolute Gasteiger partial charge is 0.465 e. The molecule has 2 unspecified atom stereocenters. The van der Waals surface area contributed by atoms with Crippen LogP contribution in [-0.4, -0.2) is 66.3 Å². The summed E-state index contributed by atoms with van der Waals surface area (Å²) in [6.07, 6.45) is 0.988. The molecule has 10 heteroatoms. The van der Waals surface area contributed by atoms with E-state index in [2.05, 4.69) is 9.98 Å². The van der Waals surface area contributed by atoms with Gasteiger partial charge in [-0.3, -0.25) is 19.9 Å². The van der Waals surface area contributed by atoms with E-state index in [1.165, 1.54) is 12.1 Å². The van der Waals surface area contributed by atoms with Crippen LogP contribution in [0.5, 0.6) is 0 Å². The summed E-state index contributed by atoms with van der Waals surface area (Å²) < 4.78 is 11.1. The number of aliphatic imine (C=N–C) groups is 1. The van der Waals surface area contributed by atoms with Crippen molar-refractivity contribution < 1.29 is 24.0 Å². The van der Waals surface area contributed by atoms with Crippen LogP contribution in [0.3, 0.4) is 0 Å². The number of nitrogens with one attached hydrogen (secondary N) is 1. The summed E-state index contributed by atoms with van der Waals surface area (Å²) in [6.45, 7) is 8.25. The maximum Gasteiger partial charge on any atom is 0.336 e. The van der Waals surface area contributed by atoms with Crippen molar-refractivity contribution in [1.29, 1.82) is 0 Å². The summed E-state index contributed by atoms with van der Waals surface area (Å²) in [7, 11) is 3.83. The molecule has 0 amide bonds. The highest BCUT2D eigenvalue weighted by Gasteiger charge is 2.44. The van der Waals surface area contributed by atoms with Gasteiger partial charge < -0.3 is 19.4 Å². The first kappa shape index (κ1) is 28.8. The second-order valence-corrected chi connectivity index (χ2v) is 9.70. The number of ether oxygens (including phenoxy) is 2. The summed E-state index contributed by atoms with van der Waals surface area (Å²) in [4.78, 5) is 47.8. The van der Waals surface area contributed by atoms with Crippen LogP contribution in [0.2, 0.25) is 0 Å². The molecule has 10 nitrogen and oxygen atoms in total. The third-order valence-electron chi connectivity index (χ3n) is 6.58. The summed E-state index contributed by atoms with van der Waals surface area (Å²) in [5, 5.41) is 11.6. The number of H-pyrrole nitrogens is 1. The molecule has 0 aliphatic carbocycles. The van der Waals surface area contributed by atoms with Crippen LogP contribution in [0.15, 0.2) is 46.6 Å². The van der Waals surface area contributed by atoms with Crippen LogP contribution in [0.25, 0.3) is 0 Å². The molecular formula is C28H36N4O6. The number of aromatic nitrogens is 1. The maximum atomic E-state index is 13.5. The summed E-state index contributed by atoms with van der Waals surface area (Å²) >= 11 is 0. The highest BCUT2D eigenvalue weighted by molar-refractivity contribution is 6.08. The molecule has 2 heterocycles. The number of aryl methyl sites for hydroxylation is 2. The van der Waals surface area contributed by atoms with Gasteiger partial charge in [-0.05, 0) is 65.4 Å². The van der Waals surface area contributed by atoms with Crippen molar-refractivity contribution in [2.75, 3.05) is 33.9 Å². The van der Waals surface area contributed by atoms with Gasteiger partial charge in [-0.25, -0.2) is 4.79 Å². The zero-order valence-electron chi connectivity index (χ0n) is 22.9. The molecule has 38 heavy (non-hydrogen) atoms. The lowest BCUT2D eigenvalue weighted by Crippen LogP contribution is -2.39. The minimum absolute atomic E-state index is 0.133. The summed E-state index contributed by atoms with van der Waals surface area (Å²) in [5.74, 6) is -2.89. The zero-order valence-corrected chi connectivity index (χ0v) is 22.9. The van der Waals surface area contributed by atoms with Gasteiger partial charge in [-0.2, -0.15) is 0 Å². The van der Waals surface area contributed by atoms with E-state index in [1.54, 1.807) is 26.0 Å². The second-order valence-electron chi connectivity index (χ2n) is 9.70. The number of non-ortho nitro benzene ring substituents is 1. The quantitative estimate of drug-likeness (QED) is 0.264. The Kier molecular flexibility index (Phi) is 9.57. The predicted octanol–water partition coefficient (Wildman–Crippen LogP) is 4.27. The first-order chi connectivity index (χ1) is 18.0. The topological polar surface area (TPSA) is 127 Å². The molecule has 1 aliphatic heterocycles. The average molecular weight is 525 g/mol. The van der Waals surface area contributed by atoms with Gasteiger partial charge in [0.15, 0.2) is 0 Å². The molecule has 0 saturated heterocycles. The number of carbonyl (C=O) groups excluding carboxylic acids is 2. The van der Waals surface area contributed by atoms with Crippen molar-refractivity contribution in [1.82, 2.24) is 9.88 Å². The van der Waals surface area contributed by atoms with E-state index in [-0.39, 0.29) is 24.5 Å². The molecular weight excluding hydrogens is 488 g/mol. The molecule has 2 atom stereocenters. The smallest absolute Gasteiger partial charge is 0.336 e. The Morgan fingerprint density at radius 2 is 1.87 bits per heavy atom. The van der Waals surface area contributed by atoms with Crippen molar-refractivity contribution in [3.8, 4) is 0 Å². The number of esters is 2. The Morgan fingerprint density at radius 1 is 1.13 bits per heavy atom. The minimum atomic E-state index is -0.919. The number of carbonyl (C=O) groups is 2. The molecule has 3 rings (SSSR count). The minimum Gasteiger partial charge on any atom is -0.465 e. The summed E-state index contributed by atoms with van der Waals surface area (Å²) in [6, 6.07) is 8.03. The molecule has 1 aromatic heterocycles. The van der Waals surface area contributed by atoms with Crippen LogP contribution in [0.1, 0.15) is 48.7 Å².